The minimum Gasteiger partial charge on any atom is -0.420 e. The molecule has 0 saturated carbocycles. The van der Waals surface area contributed by atoms with E-state index in [1.165, 1.54) is 0 Å². The summed E-state index contributed by atoms with van der Waals surface area (Å²) in [4.78, 5) is 98.6. The molecule has 1 aliphatic heterocycles. The van der Waals surface area contributed by atoms with Crippen LogP contribution in [0.1, 0.15) is 46.5 Å². The van der Waals surface area contributed by atoms with Gasteiger partial charge in [-0.1, -0.05) is 0 Å². The smallest absolute Gasteiger partial charge is 0.313 e. The monoisotopic (exact) mass is 724 g/mol. The van der Waals surface area contributed by atoms with Crippen molar-refractivity contribution in [3.63, 3.8) is 0 Å². The van der Waals surface area contributed by atoms with Crippen LogP contribution in [-0.2, 0) is 47.8 Å². The van der Waals surface area contributed by atoms with Crippen LogP contribution in [0.4, 0.5) is 22.0 Å². The molecule has 1 aromatic carbocycles. The summed E-state index contributed by atoms with van der Waals surface area (Å²) in [6.45, 7) is 2.39. The van der Waals surface area contributed by atoms with Gasteiger partial charge in [0.15, 0.2) is 23.1 Å². The Bertz CT molecular complexity index is 1440. The van der Waals surface area contributed by atoms with Gasteiger partial charge < -0.3 is 19.5 Å². The highest BCUT2D eigenvalue weighted by Crippen LogP contribution is 2.31. The third-order valence-electron chi connectivity index (χ3n) is 7.19. The summed E-state index contributed by atoms with van der Waals surface area (Å²) in [7, 11) is 0. The first-order chi connectivity index (χ1) is 23.0. The number of likely N-dealkylation sites (tertiary alicyclic amines) is 1. The maximum absolute atomic E-state index is 13.6. The van der Waals surface area contributed by atoms with Crippen LogP contribution < -0.4 is 10.1 Å². The van der Waals surface area contributed by atoms with Gasteiger partial charge in [-0.3, -0.25) is 43.3 Å². The van der Waals surface area contributed by atoms with E-state index in [9.17, 15) is 60.3 Å². The average Bonchev–Trinajstić information content (AvgIpc) is 3.30. The van der Waals surface area contributed by atoms with E-state index in [1.807, 2.05) is 0 Å². The molecule has 19 heteroatoms. The maximum atomic E-state index is 13.6. The van der Waals surface area contributed by atoms with Gasteiger partial charge in [-0.25, -0.2) is 13.2 Å². The van der Waals surface area contributed by atoms with Gasteiger partial charge >= 0.3 is 5.97 Å². The number of halogens is 5. The summed E-state index contributed by atoms with van der Waals surface area (Å²) < 4.78 is 81.1. The van der Waals surface area contributed by atoms with E-state index in [4.69, 9.17) is 9.47 Å². The van der Waals surface area contributed by atoms with Gasteiger partial charge in [0.25, 0.3) is 0 Å². The van der Waals surface area contributed by atoms with Crippen molar-refractivity contribution in [2.45, 2.75) is 51.7 Å². The lowest BCUT2D eigenvalue weighted by molar-refractivity contribution is -0.153. The second-order valence-electron chi connectivity index (χ2n) is 10.5. The lowest BCUT2D eigenvalue weighted by atomic mass is 9.72. The van der Waals surface area contributed by atoms with Gasteiger partial charge in [-0.15, -0.1) is 11.8 Å². The summed E-state index contributed by atoms with van der Waals surface area (Å²) in [6.07, 6.45) is -1.34. The van der Waals surface area contributed by atoms with E-state index in [1.54, 1.807) is 0 Å². The number of benzene rings is 1. The van der Waals surface area contributed by atoms with Crippen LogP contribution in [0, 0.1) is 34.5 Å². The van der Waals surface area contributed by atoms with Gasteiger partial charge in [-0.2, -0.15) is 8.78 Å². The minimum absolute atomic E-state index is 0.0107. The molecule has 3 amide bonds. The van der Waals surface area contributed by atoms with Crippen molar-refractivity contribution in [3.8, 4) is 5.75 Å². The van der Waals surface area contributed by atoms with E-state index < -0.39 is 98.7 Å². The van der Waals surface area contributed by atoms with Crippen molar-refractivity contribution in [2.75, 3.05) is 45.3 Å². The zero-order valence-corrected chi connectivity index (χ0v) is 27.4. The molecule has 0 aromatic heterocycles. The quantitative estimate of drug-likeness (QED) is 0.0285. The highest BCUT2D eigenvalue weighted by molar-refractivity contribution is 8.00. The number of nitrogens with one attached hydrogen (secondary N) is 1. The van der Waals surface area contributed by atoms with Gasteiger partial charge in [0.2, 0.25) is 58.0 Å². The van der Waals surface area contributed by atoms with Crippen LogP contribution in [0.5, 0.6) is 5.75 Å². The van der Waals surface area contributed by atoms with E-state index >= 15 is 0 Å². The Balaban J connectivity index is 1.61. The minimum atomic E-state index is -2.40. The van der Waals surface area contributed by atoms with E-state index in [2.05, 4.69) is 10.1 Å². The van der Waals surface area contributed by atoms with E-state index in [0.29, 0.717) is 0 Å². The molecule has 0 aliphatic carbocycles. The number of amides is 3. The Hall–Kier alpha value is -4.10. The number of carbonyl (C=O) groups excluding carboxylic acids is 8. The molecular formula is C30H33F5N2O11S. The normalized spacial score (nSPS) is 14.6. The first kappa shape index (κ1) is 41.1. The number of carbonyl (C=O) groups is 8. The summed E-state index contributed by atoms with van der Waals surface area (Å²) in [5, 5.41) is 1.67. The van der Waals surface area contributed by atoms with Crippen molar-refractivity contribution >= 4 is 58.6 Å². The number of rotatable bonds is 21. The molecule has 1 fully saturated rings. The predicted octanol–water partition coefficient (Wildman–Crippen LogP) is 1.79. The Kier molecular flexibility index (Phi) is 15.6. The van der Waals surface area contributed by atoms with Gasteiger partial charge in [0.1, 0.15) is 0 Å². The van der Waals surface area contributed by atoms with Crippen LogP contribution >= 0.6 is 11.8 Å². The van der Waals surface area contributed by atoms with Gasteiger partial charge in [0.05, 0.1) is 38.1 Å². The second kappa shape index (κ2) is 18.6. The van der Waals surface area contributed by atoms with Crippen LogP contribution in [-0.4, -0.2) is 102 Å². The number of ketones is 4. The molecular weight excluding hydrogens is 691 g/mol. The molecule has 2 rings (SSSR count). The topological polar surface area (TPSA) is 180 Å². The van der Waals surface area contributed by atoms with Crippen LogP contribution in [0.2, 0.25) is 0 Å². The van der Waals surface area contributed by atoms with Crippen molar-refractivity contribution < 1.29 is 74.5 Å². The fourth-order valence-electron chi connectivity index (χ4n) is 4.71. The fourth-order valence-corrected chi connectivity index (χ4v) is 5.83. The highest BCUT2D eigenvalue weighted by Gasteiger charge is 2.51. The molecule has 49 heavy (non-hydrogen) atoms. The van der Waals surface area contributed by atoms with Crippen LogP contribution in [0.3, 0.4) is 0 Å². The molecule has 0 bridgehead atoms. The van der Waals surface area contributed by atoms with Crippen LogP contribution in [0.25, 0.3) is 0 Å². The first-order valence-electron chi connectivity index (χ1n) is 14.6. The number of hydrogen-bond acceptors (Lipinski definition) is 12. The molecule has 1 saturated heterocycles. The molecule has 1 heterocycles. The van der Waals surface area contributed by atoms with Gasteiger partial charge in [0, 0.05) is 38.1 Å². The number of nitrogens with zero attached hydrogens (tertiary/aromatic N) is 1. The Morgan fingerprint density at radius 2 is 1.31 bits per heavy atom. The molecule has 0 radical (unpaired) electrons. The number of thioether (sulfide) groups is 1. The zero-order chi connectivity index (χ0) is 37.1. The summed E-state index contributed by atoms with van der Waals surface area (Å²) in [5.74, 6) is -19.7. The number of ether oxygens (including phenoxy) is 3. The Morgan fingerprint density at radius 1 is 0.776 bits per heavy atom. The zero-order valence-electron chi connectivity index (χ0n) is 26.6. The van der Waals surface area contributed by atoms with Crippen molar-refractivity contribution in [1.29, 1.82) is 0 Å². The molecule has 1 unspecified atom stereocenters. The third kappa shape index (κ3) is 10.2. The number of Topliss-reactive ketones (excluding diaryl/α,β-unsaturated/α-hetero) is 4. The fraction of sp³-hybridized carbons (Fsp3) is 0.533. The Morgan fingerprint density at radius 3 is 1.86 bits per heavy atom. The molecule has 1 atom stereocenters. The SMILES string of the molecule is CC(=O)C(C(C)=O)(C(C)=O)C(=O)CCSC1CC(=O)N(CCC(=O)NCCOCCOCCC(=O)Oc2c(F)c(F)c(F)c(F)c2F)C1=O. The third-order valence-corrected chi connectivity index (χ3v) is 8.40. The van der Waals surface area contributed by atoms with Gasteiger partial charge in [-0.05, 0) is 20.8 Å². The molecule has 13 nitrogen and oxygen atoms in total. The largest absolute Gasteiger partial charge is 0.420 e. The lowest BCUT2D eigenvalue weighted by Crippen LogP contribution is -2.50. The second-order valence-corrected chi connectivity index (χ2v) is 11.8. The van der Waals surface area contributed by atoms with Crippen molar-refractivity contribution in [2.24, 2.45) is 5.41 Å². The predicted molar refractivity (Wildman–Crippen MR) is 157 cm³/mol. The lowest BCUT2D eigenvalue weighted by Gasteiger charge is -2.24. The summed E-state index contributed by atoms with van der Waals surface area (Å²) in [5.41, 5.74) is -2.39. The molecule has 1 aromatic rings. The molecule has 0 spiro atoms. The first-order valence-corrected chi connectivity index (χ1v) is 15.7. The summed E-state index contributed by atoms with van der Waals surface area (Å²) >= 11 is 0.963. The molecule has 1 N–H and O–H groups in total. The number of imide groups is 1. The Labute approximate surface area is 280 Å². The maximum Gasteiger partial charge on any atom is 0.313 e. The summed E-state index contributed by atoms with van der Waals surface area (Å²) in [6, 6.07) is 0. The van der Waals surface area contributed by atoms with Crippen molar-refractivity contribution in [3.05, 3.63) is 29.1 Å². The van der Waals surface area contributed by atoms with Crippen molar-refractivity contribution in [1.82, 2.24) is 10.2 Å². The number of esters is 1. The van der Waals surface area contributed by atoms with Crippen LogP contribution in [0.15, 0.2) is 0 Å². The number of hydrogen-bond donors (Lipinski definition) is 1. The van der Waals surface area contributed by atoms with E-state index in [0.717, 1.165) is 37.4 Å². The average molecular weight is 725 g/mol. The molecule has 1 aliphatic rings. The highest BCUT2D eigenvalue weighted by atomic mass is 32.2. The standard InChI is InChI=1S/C30H33F5N2O11S/c1-15(38)30(16(2)39,17(3)40)19(41)6-13-49-18-14-21(43)37(29(18)45)8-4-20(42)36-7-10-47-12-11-46-9-5-22(44)48-28-26(34)24(32)23(31)25(33)27(28)35/h18H,4-14H2,1-3H3,(H,36,42). The van der Waals surface area contributed by atoms with E-state index in [-0.39, 0.29) is 64.5 Å². The molecule has 270 valence electrons.